The van der Waals surface area contributed by atoms with Crippen molar-refractivity contribution in [1.29, 1.82) is 0 Å². The van der Waals surface area contributed by atoms with Crippen LogP contribution in [0.4, 0.5) is 36.3 Å². The zero-order chi connectivity index (χ0) is 20.2. The van der Waals surface area contributed by atoms with Crippen molar-refractivity contribution >= 4 is 23.1 Å². The van der Waals surface area contributed by atoms with Gasteiger partial charge in [0.15, 0.2) is 5.69 Å². The fraction of sp³-hybridized carbons (Fsp3) is 0.375. The van der Waals surface area contributed by atoms with Crippen LogP contribution < -0.4 is 15.4 Å². The number of benzene rings is 1. The van der Waals surface area contributed by atoms with Crippen molar-refractivity contribution < 1.29 is 22.8 Å². The molecule has 11 heteroatoms. The highest BCUT2D eigenvalue weighted by atomic mass is 19.4. The van der Waals surface area contributed by atoms with E-state index in [0.717, 1.165) is 6.07 Å². The largest absolute Gasteiger partial charge is 0.496 e. The fourth-order valence-electron chi connectivity index (χ4n) is 2.08. The van der Waals surface area contributed by atoms with Crippen LogP contribution in [-0.2, 0) is 6.18 Å². The molecule has 0 amide bonds. The van der Waals surface area contributed by atoms with E-state index in [4.69, 9.17) is 4.74 Å². The van der Waals surface area contributed by atoms with Crippen molar-refractivity contribution in [3.05, 3.63) is 40.1 Å². The zero-order valence-electron chi connectivity index (χ0n) is 14.8. The van der Waals surface area contributed by atoms with Gasteiger partial charge in [-0.15, -0.1) is 0 Å². The van der Waals surface area contributed by atoms with Gasteiger partial charge in [-0.1, -0.05) is 6.92 Å². The minimum Gasteiger partial charge on any atom is -0.496 e. The molecule has 0 radical (unpaired) electrons. The Bertz CT molecular complexity index is 829. The topological polar surface area (TPSA) is 102 Å². The van der Waals surface area contributed by atoms with Crippen LogP contribution in [0.5, 0.6) is 5.75 Å². The molecule has 0 aliphatic rings. The van der Waals surface area contributed by atoms with Crippen molar-refractivity contribution in [2.24, 2.45) is 0 Å². The van der Waals surface area contributed by atoms with Crippen LogP contribution in [0.3, 0.4) is 0 Å². The van der Waals surface area contributed by atoms with Gasteiger partial charge < -0.3 is 15.4 Å². The summed E-state index contributed by atoms with van der Waals surface area (Å²) in [7, 11) is 1.35. The highest BCUT2D eigenvalue weighted by molar-refractivity contribution is 5.70. The Hall–Kier alpha value is -3.11. The minimum absolute atomic E-state index is 0.0258. The van der Waals surface area contributed by atoms with Crippen molar-refractivity contribution in [2.45, 2.75) is 32.5 Å². The number of rotatable bonds is 7. The van der Waals surface area contributed by atoms with Crippen LogP contribution in [0.1, 0.15) is 26.0 Å². The van der Waals surface area contributed by atoms with Crippen LogP contribution in [0.25, 0.3) is 0 Å². The number of nitro benzene ring substituents is 1. The highest BCUT2D eigenvalue weighted by Crippen LogP contribution is 2.34. The Morgan fingerprint density at radius 1 is 1.30 bits per heavy atom. The van der Waals surface area contributed by atoms with E-state index in [1.807, 2.05) is 6.92 Å². The third-order valence-electron chi connectivity index (χ3n) is 3.67. The lowest BCUT2D eigenvalue weighted by Crippen LogP contribution is -2.18. The maximum atomic E-state index is 13.1. The summed E-state index contributed by atoms with van der Waals surface area (Å²) in [4.78, 5) is 18.0. The Labute approximate surface area is 152 Å². The second-order valence-electron chi connectivity index (χ2n) is 5.68. The van der Waals surface area contributed by atoms with Gasteiger partial charge in [-0.05, 0) is 25.5 Å². The van der Waals surface area contributed by atoms with Crippen LogP contribution in [0.2, 0.25) is 0 Å². The van der Waals surface area contributed by atoms with E-state index in [0.29, 0.717) is 12.5 Å². The standard InChI is InChI=1S/C16H18F3N5O3/c1-4-9(2)20-15-22-13(16(17,18)19)8-14(23-15)21-11-6-5-10(27-3)7-12(11)24(25)26/h5-9H,4H2,1-3H3,(H2,20,21,22,23)/t9-/m0/s1. The van der Waals surface area contributed by atoms with Gasteiger partial charge in [0.05, 0.1) is 18.1 Å². The van der Waals surface area contributed by atoms with E-state index in [-0.39, 0.29) is 34.9 Å². The van der Waals surface area contributed by atoms with Crippen LogP contribution in [-0.4, -0.2) is 28.0 Å². The highest BCUT2D eigenvalue weighted by Gasteiger charge is 2.34. The van der Waals surface area contributed by atoms with E-state index < -0.39 is 16.8 Å². The molecule has 146 valence electrons. The first-order valence-electron chi connectivity index (χ1n) is 7.96. The summed E-state index contributed by atoms with van der Waals surface area (Å²) in [5.74, 6) is -0.209. The maximum absolute atomic E-state index is 13.1. The third-order valence-corrected chi connectivity index (χ3v) is 3.67. The van der Waals surface area contributed by atoms with Crippen molar-refractivity contribution in [2.75, 3.05) is 17.7 Å². The number of nitrogens with zero attached hydrogens (tertiary/aromatic N) is 3. The number of aromatic nitrogens is 2. The first-order valence-corrected chi connectivity index (χ1v) is 7.96. The molecule has 2 N–H and O–H groups in total. The molecule has 0 aliphatic carbocycles. The molecule has 27 heavy (non-hydrogen) atoms. The van der Waals surface area contributed by atoms with Gasteiger partial charge in [-0.2, -0.15) is 18.2 Å². The Balaban J connectivity index is 2.46. The van der Waals surface area contributed by atoms with E-state index >= 15 is 0 Å². The molecule has 1 aromatic heterocycles. The molecule has 0 unspecified atom stereocenters. The number of hydrogen-bond donors (Lipinski definition) is 2. The fourth-order valence-corrected chi connectivity index (χ4v) is 2.08. The number of anilines is 3. The van der Waals surface area contributed by atoms with Gasteiger partial charge in [-0.3, -0.25) is 10.1 Å². The molecule has 0 bridgehead atoms. The first kappa shape index (κ1) is 20.2. The van der Waals surface area contributed by atoms with Gasteiger partial charge in [0.25, 0.3) is 5.69 Å². The van der Waals surface area contributed by atoms with Crippen LogP contribution in [0.15, 0.2) is 24.3 Å². The quantitative estimate of drug-likeness (QED) is 0.539. The molecule has 0 aliphatic heterocycles. The van der Waals surface area contributed by atoms with Gasteiger partial charge >= 0.3 is 6.18 Å². The summed E-state index contributed by atoms with van der Waals surface area (Å²) in [6.45, 7) is 3.62. The van der Waals surface area contributed by atoms with E-state index in [1.54, 1.807) is 6.92 Å². The molecule has 1 heterocycles. The molecule has 0 saturated carbocycles. The SMILES string of the molecule is CC[C@H](C)Nc1nc(Nc2ccc(OC)cc2[N+](=O)[O-])cc(C(F)(F)F)n1. The number of methoxy groups -OCH3 is 1. The van der Waals surface area contributed by atoms with Crippen molar-refractivity contribution in [3.63, 3.8) is 0 Å². The Morgan fingerprint density at radius 3 is 2.56 bits per heavy atom. The molecule has 1 atom stereocenters. The molecule has 2 aromatic rings. The number of halogens is 3. The summed E-state index contributed by atoms with van der Waals surface area (Å²) in [5.41, 5.74) is -1.55. The summed E-state index contributed by atoms with van der Waals surface area (Å²) in [6, 6.07) is 4.47. The molecule has 0 spiro atoms. The lowest BCUT2D eigenvalue weighted by molar-refractivity contribution is -0.384. The molecule has 0 fully saturated rings. The Morgan fingerprint density at radius 2 is 2.00 bits per heavy atom. The molecule has 8 nitrogen and oxygen atoms in total. The molecule has 1 aromatic carbocycles. The van der Waals surface area contributed by atoms with Gasteiger partial charge in [0, 0.05) is 12.1 Å². The number of ether oxygens (including phenoxy) is 1. The van der Waals surface area contributed by atoms with E-state index in [9.17, 15) is 23.3 Å². The van der Waals surface area contributed by atoms with Gasteiger partial charge in [-0.25, -0.2) is 4.98 Å². The van der Waals surface area contributed by atoms with E-state index in [2.05, 4.69) is 20.6 Å². The predicted octanol–water partition coefficient (Wildman–Crippen LogP) is 4.37. The van der Waals surface area contributed by atoms with Gasteiger partial charge in [0.2, 0.25) is 5.95 Å². The normalized spacial score (nSPS) is 12.4. The van der Waals surface area contributed by atoms with E-state index in [1.165, 1.54) is 19.2 Å². The summed E-state index contributed by atoms with van der Waals surface area (Å²) >= 11 is 0. The van der Waals surface area contributed by atoms with Crippen LogP contribution in [0, 0.1) is 10.1 Å². The van der Waals surface area contributed by atoms with Crippen molar-refractivity contribution in [1.82, 2.24) is 9.97 Å². The number of nitro groups is 1. The third kappa shape index (κ3) is 5.19. The van der Waals surface area contributed by atoms with Crippen molar-refractivity contribution in [3.8, 4) is 5.75 Å². The second-order valence-corrected chi connectivity index (χ2v) is 5.68. The predicted molar refractivity (Wildman–Crippen MR) is 93.3 cm³/mol. The first-order chi connectivity index (χ1) is 12.6. The molecular formula is C16H18F3N5O3. The van der Waals surface area contributed by atoms with Crippen LogP contribution >= 0.6 is 0 Å². The lowest BCUT2D eigenvalue weighted by Gasteiger charge is -2.15. The maximum Gasteiger partial charge on any atom is 0.433 e. The molecular weight excluding hydrogens is 367 g/mol. The van der Waals surface area contributed by atoms with Gasteiger partial charge in [0.1, 0.15) is 17.3 Å². The summed E-state index contributed by atoms with van der Waals surface area (Å²) in [5, 5.41) is 16.6. The average molecular weight is 385 g/mol. The molecule has 2 rings (SSSR count). The second kappa shape index (κ2) is 8.06. The zero-order valence-corrected chi connectivity index (χ0v) is 14.8. The minimum atomic E-state index is -4.70. The number of hydrogen-bond acceptors (Lipinski definition) is 7. The Kier molecular flexibility index (Phi) is 6.03. The smallest absolute Gasteiger partial charge is 0.433 e. The summed E-state index contributed by atoms with van der Waals surface area (Å²) in [6.07, 6.45) is -4.05. The molecule has 0 saturated heterocycles. The summed E-state index contributed by atoms with van der Waals surface area (Å²) < 4.78 is 44.4. The number of alkyl halides is 3. The number of nitrogens with one attached hydrogen (secondary N) is 2. The lowest BCUT2D eigenvalue weighted by atomic mass is 10.2. The monoisotopic (exact) mass is 385 g/mol. The average Bonchev–Trinajstić information content (AvgIpc) is 2.60.